The molecule has 7 heteroatoms. The second-order valence-corrected chi connectivity index (χ2v) is 6.60. The molecule has 0 bridgehead atoms. The Labute approximate surface area is 109 Å². The van der Waals surface area contributed by atoms with Crippen molar-refractivity contribution < 1.29 is 17.9 Å². The predicted octanol–water partition coefficient (Wildman–Crippen LogP) is -0.208. The van der Waals surface area contributed by atoms with E-state index in [0.717, 1.165) is 0 Å². The topological polar surface area (TPSA) is 81.9 Å². The minimum atomic E-state index is -3.25. The number of nitrogens with two attached hydrogens (primary N) is 1. The normalized spacial score (nSPS) is 18.4. The van der Waals surface area contributed by atoms with Crippen LogP contribution in [0, 0.1) is 0 Å². The molecule has 1 saturated heterocycles. The van der Waals surface area contributed by atoms with E-state index in [2.05, 4.69) is 0 Å². The van der Waals surface area contributed by atoms with E-state index in [9.17, 15) is 8.42 Å². The van der Waals surface area contributed by atoms with Crippen molar-refractivity contribution in [1.29, 1.82) is 0 Å². The molecule has 0 aromatic rings. The van der Waals surface area contributed by atoms with Gasteiger partial charge >= 0.3 is 0 Å². The molecule has 0 aromatic carbocycles. The fraction of sp³-hybridized carbons (Fsp3) is 1.00. The molecule has 0 amide bonds. The molecular formula is C11H24N2O4S. The maximum absolute atomic E-state index is 12.5. The van der Waals surface area contributed by atoms with Crippen molar-refractivity contribution in [3.05, 3.63) is 0 Å². The van der Waals surface area contributed by atoms with Gasteiger partial charge in [-0.15, -0.1) is 0 Å². The third-order valence-corrected chi connectivity index (χ3v) is 5.50. The smallest absolute Gasteiger partial charge is 0.217 e. The lowest BCUT2D eigenvalue weighted by molar-refractivity contribution is 0.0967. The van der Waals surface area contributed by atoms with Crippen LogP contribution in [0.25, 0.3) is 0 Å². The third-order valence-electron chi connectivity index (χ3n) is 3.11. The van der Waals surface area contributed by atoms with Gasteiger partial charge in [0, 0.05) is 33.4 Å². The predicted molar refractivity (Wildman–Crippen MR) is 69.9 cm³/mol. The number of hydrogen-bond acceptors (Lipinski definition) is 5. The SMILES string of the molecule is COCCN(CCCN)S(=O)(=O)C1CCOCC1. The van der Waals surface area contributed by atoms with E-state index in [-0.39, 0.29) is 5.25 Å². The Morgan fingerprint density at radius 2 is 2.00 bits per heavy atom. The van der Waals surface area contributed by atoms with Crippen molar-refractivity contribution in [2.75, 3.05) is 46.6 Å². The highest BCUT2D eigenvalue weighted by Gasteiger charge is 2.32. The largest absolute Gasteiger partial charge is 0.383 e. The van der Waals surface area contributed by atoms with Crippen LogP contribution in [0.5, 0.6) is 0 Å². The summed E-state index contributed by atoms with van der Waals surface area (Å²) in [5.41, 5.74) is 5.45. The summed E-state index contributed by atoms with van der Waals surface area (Å²) < 4.78 is 36.6. The molecular weight excluding hydrogens is 256 g/mol. The lowest BCUT2D eigenvalue weighted by Gasteiger charge is -2.29. The highest BCUT2D eigenvalue weighted by molar-refractivity contribution is 7.89. The second kappa shape index (κ2) is 8.06. The van der Waals surface area contributed by atoms with Gasteiger partial charge in [0.2, 0.25) is 10.0 Å². The second-order valence-electron chi connectivity index (χ2n) is 4.39. The zero-order valence-corrected chi connectivity index (χ0v) is 11.8. The first-order valence-corrected chi connectivity index (χ1v) is 7.89. The van der Waals surface area contributed by atoms with E-state index >= 15 is 0 Å². The summed E-state index contributed by atoms with van der Waals surface area (Å²) >= 11 is 0. The van der Waals surface area contributed by atoms with E-state index in [4.69, 9.17) is 15.2 Å². The average Bonchev–Trinajstić information content (AvgIpc) is 2.39. The van der Waals surface area contributed by atoms with E-state index in [1.54, 1.807) is 7.11 Å². The fourth-order valence-corrected chi connectivity index (χ4v) is 3.93. The van der Waals surface area contributed by atoms with Crippen LogP contribution < -0.4 is 5.73 Å². The molecule has 1 aliphatic rings. The Bertz CT molecular complexity index is 307. The summed E-state index contributed by atoms with van der Waals surface area (Å²) in [5, 5.41) is -0.319. The summed E-state index contributed by atoms with van der Waals surface area (Å²) in [6, 6.07) is 0. The molecule has 108 valence electrons. The summed E-state index contributed by atoms with van der Waals surface area (Å²) in [7, 11) is -1.68. The molecule has 2 N–H and O–H groups in total. The lowest BCUT2D eigenvalue weighted by atomic mass is 10.2. The summed E-state index contributed by atoms with van der Waals surface area (Å²) in [6.07, 6.45) is 1.83. The Kier molecular flexibility index (Phi) is 7.10. The monoisotopic (exact) mass is 280 g/mol. The first-order valence-electron chi connectivity index (χ1n) is 6.38. The van der Waals surface area contributed by atoms with Crippen LogP contribution >= 0.6 is 0 Å². The molecule has 0 radical (unpaired) electrons. The van der Waals surface area contributed by atoms with Crippen molar-refractivity contribution >= 4 is 10.0 Å². The molecule has 0 spiro atoms. The van der Waals surface area contributed by atoms with Crippen LogP contribution in [0.2, 0.25) is 0 Å². The molecule has 6 nitrogen and oxygen atoms in total. The molecule has 0 atom stereocenters. The molecule has 1 heterocycles. The van der Waals surface area contributed by atoms with Gasteiger partial charge in [0.1, 0.15) is 0 Å². The van der Waals surface area contributed by atoms with Crippen LogP contribution in [0.3, 0.4) is 0 Å². The number of sulfonamides is 1. The van der Waals surface area contributed by atoms with Gasteiger partial charge < -0.3 is 15.2 Å². The van der Waals surface area contributed by atoms with Gasteiger partial charge in [0.05, 0.1) is 11.9 Å². The number of hydrogen-bond donors (Lipinski definition) is 1. The van der Waals surface area contributed by atoms with Gasteiger partial charge in [-0.1, -0.05) is 0 Å². The Hall–Kier alpha value is -0.210. The maximum atomic E-state index is 12.5. The molecule has 1 fully saturated rings. The fourth-order valence-electron chi connectivity index (χ4n) is 2.01. The van der Waals surface area contributed by atoms with Crippen LogP contribution in [-0.2, 0) is 19.5 Å². The number of rotatable bonds is 8. The van der Waals surface area contributed by atoms with E-state index in [0.29, 0.717) is 58.7 Å². The molecule has 0 unspecified atom stereocenters. The lowest BCUT2D eigenvalue weighted by Crippen LogP contribution is -2.43. The highest BCUT2D eigenvalue weighted by atomic mass is 32.2. The van der Waals surface area contributed by atoms with Gasteiger partial charge in [-0.05, 0) is 25.8 Å². The molecule has 0 saturated carbocycles. The van der Waals surface area contributed by atoms with Crippen LogP contribution in [0.15, 0.2) is 0 Å². The molecule has 0 aliphatic carbocycles. The standard InChI is InChI=1S/C11H24N2O4S/c1-16-10-7-13(6-2-5-12)18(14,15)11-3-8-17-9-4-11/h11H,2-10,12H2,1H3. The molecule has 0 aromatic heterocycles. The highest BCUT2D eigenvalue weighted by Crippen LogP contribution is 2.19. The van der Waals surface area contributed by atoms with E-state index < -0.39 is 10.0 Å². The van der Waals surface area contributed by atoms with Crippen molar-refractivity contribution in [2.24, 2.45) is 5.73 Å². The first-order chi connectivity index (χ1) is 8.62. The van der Waals surface area contributed by atoms with Crippen molar-refractivity contribution in [3.63, 3.8) is 0 Å². The Morgan fingerprint density at radius 3 is 2.56 bits per heavy atom. The average molecular weight is 280 g/mol. The summed E-state index contributed by atoms with van der Waals surface area (Å²) in [6.45, 7) is 2.83. The Morgan fingerprint density at radius 1 is 1.33 bits per heavy atom. The van der Waals surface area contributed by atoms with E-state index in [1.165, 1.54) is 4.31 Å². The maximum Gasteiger partial charge on any atom is 0.217 e. The number of methoxy groups -OCH3 is 1. The van der Waals surface area contributed by atoms with Crippen LogP contribution in [0.4, 0.5) is 0 Å². The van der Waals surface area contributed by atoms with Gasteiger partial charge in [0.15, 0.2) is 0 Å². The summed E-state index contributed by atoms with van der Waals surface area (Å²) in [4.78, 5) is 0. The Balaban J connectivity index is 2.66. The van der Waals surface area contributed by atoms with Gasteiger partial charge in [-0.3, -0.25) is 0 Å². The van der Waals surface area contributed by atoms with Gasteiger partial charge in [-0.2, -0.15) is 4.31 Å². The zero-order chi connectivity index (χ0) is 13.4. The third kappa shape index (κ3) is 4.47. The van der Waals surface area contributed by atoms with E-state index in [1.807, 2.05) is 0 Å². The van der Waals surface area contributed by atoms with Gasteiger partial charge in [-0.25, -0.2) is 8.42 Å². The van der Waals surface area contributed by atoms with Crippen LogP contribution in [0.1, 0.15) is 19.3 Å². The molecule has 1 aliphatic heterocycles. The minimum Gasteiger partial charge on any atom is -0.383 e. The van der Waals surface area contributed by atoms with Crippen molar-refractivity contribution in [3.8, 4) is 0 Å². The number of ether oxygens (including phenoxy) is 2. The van der Waals surface area contributed by atoms with Crippen molar-refractivity contribution in [1.82, 2.24) is 4.31 Å². The first kappa shape index (κ1) is 15.8. The number of nitrogens with zero attached hydrogens (tertiary/aromatic N) is 1. The van der Waals surface area contributed by atoms with Crippen molar-refractivity contribution in [2.45, 2.75) is 24.5 Å². The quantitative estimate of drug-likeness (QED) is 0.665. The summed E-state index contributed by atoms with van der Waals surface area (Å²) in [5.74, 6) is 0. The molecule has 1 rings (SSSR count). The molecule has 18 heavy (non-hydrogen) atoms. The zero-order valence-electron chi connectivity index (χ0n) is 11.0. The minimum absolute atomic E-state index is 0.319. The van der Waals surface area contributed by atoms with Crippen LogP contribution in [-0.4, -0.2) is 64.5 Å². The van der Waals surface area contributed by atoms with Gasteiger partial charge in [0.25, 0.3) is 0 Å².